The molecule has 3 saturated heterocycles. The summed E-state index contributed by atoms with van der Waals surface area (Å²) < 4.78 is 17.7. The highest BCUT2D eigenvalue weighted by Crippen LogP contribution is 2.61. The van der Waals surface area contributed by atoms with Crippen molar-refractivity contribution < 1.29 is 38.5 Å². The number of allylic oxidation sites excluding steroid dienone is 1. The van der Waals surface area contributed by atoms with Crippen LogP contribution in [0.15, 0.2) is 110 Å². The van der Waals surface area contributed by atoms with Crippen LogP contribution < -0.4 is 15.0 Å². The quantitative estimate of drug-likeness (QED) is 0.117. The van der Waals surface area contributed by atoms with Gasteiger partial charge in [0.25, 0.3) is 5.91 Å². The van der Waals surface area contributed by atoms with Gasteiger partial charge in [-0.15, -0.1) is 13.2 Å². The lowest BCUT2D eigenvalue weighted by atomic mass is 9.70. The standard InChI is InChI=1S/C41H44BrN3O8/c1-4-6-17-33(47)52-25-31(26-13-9-7-10-14-26)43-38(48)34-35-39(49)45(32(24-46)27-15-11-8-12-16-27)37(41(35)23-30(42)36(34)53-41)40(50)44(22-5-2)28-18-20-29(51-3)21-19-28/h4-5,7-16,18-21,30-32,34-37,46H,1-2,6,17,22-25H2,3H3,(H,43,48)/t30?,31-,32-,34+,35-,36+,37+,41-/m1/s1. The molecule has 6 rings (SSSR count). The van der Waals surface area contributed by atoms with E-state index in [0.717, 1.165) is 0 Å². The number of alkyl halides is 1. The Balaban J connectivity index is 1.39. The number of fused-ring (bicyclic) bond motifs is 1. The minimum absolute atomic E-state index is 0.120. The minimum atomic E-state index is -1.41. The second kappa shape index (κ2) is 16.5. The van der Waals surface area contributed by atoms with Crippen molar-refractivity contribution in [3.63, 3.8) is 0 Å². The summed E-state index contributed by atoms with van der Waals surface area (Å²) in [7, 11) is 1.55. The predicted molar refractivity (Wildman–Crippen MR) is 202 cm³/mol. The van der Waals surface area contributed by atoms with Gasteiger partial charge >= 0.3 is 5.97 Å². The molecule has 8 atom stereocenters. The van der Waals surface area contributed by atoms with Crippen molar-refractivity contribution >= 4 is 45.3 Å². The van der Waals surface area contributed by atoms with Crippen LogP contribution in [-0.2, 0) is 28.7 Å². The van der Waals surface area contributed by atoms with Crippen molar-refractivity contribution in [2.75, 3.05) is 31.8 Å². The van der Waals surface area contributed by atoms with E-state index < -0.39 is 72.0 Å². The number of hydrogen-bond donors (Lipinski definition) is 2. The fourth-order valence-electron chi connectivity index (χ4n) is 8.02. The number of aliphatic hydroxyl groups is 1. The number of aliphatic hydroxyl groups excluding tert-OH is 1. The van der Waals surface area contributed by atoms with Crippen LogP contribution in [0.2, 0.25) is 0 Å². The lowest BCUT2D eigenvalue weighted by molar-refractivity contribution is -0.146. The Labute approximate surface area is 317 Å². The van der Waals surface area contributed by atoms with Gasteiger partial charge in [-0.05, 0) is 48.2 Å². The molecule has 1 spiro atoms. The molecule has 3 aromatic rings. The molecule has 2 N–H and O–H groups in total. The number of rotatable bonds is 16. The summed E-state index contributed by atoms with van der Waals surface area (Å²) in [5.74, 6) is -3.25. The third kappa shape index (κ3) is 7.27. The fraction of sp³-hybridized carbons (Fsp3) is 0.366. The van der Waals surface area contributed by atoms with Gasteiger partial charge in [0.2, 0.25) is 11.8 Å². The number of nitrogens with zero attached hydrogens (tertiary/aromatic N) is 2. The third-order valence-corrected chi connectivity index (χ3v) is 11.2. The van der Waals surface area contributed by atoms with Gasteiger partial charge in [-0.25, -0.2) is 0 Å². The van der Waals surface area contributed by atoms with E-state index in [-0.39, 0.29) is 30.8 Å². The first-order valence-corrected chi connectivity index (χ1v) is 18.6. The summed E-state index contributed by atoms with van der Waals surface area (Å²) in [4.78, 5) is 59.8. The number of amides is 3. The zero-order valence-corrected chi connectivity index (χ0v) is 31.1. The normalized spacial score (nSPS) is 25.2. The Kier molecular flexibility index (Phi) is 11.8. The molecular formula is C41H44BrN3O8. The molecule has 3 fully saturated rings. The molecule has 0 saturated carbocycles. The average molecular weight is 787 g/mol. The van der Waals surface area contributed by atoms with Crippen molar-refractivity contribution in [3.8, 4) is 5.75 Å². The summed E-state index contributed by atoms with van der Waals surface area (Å²) in [5, 5.41) is 14.0. The zero-order chi connectivity index (χ0) is 37.7. The van der Waals surface area contributed by atoms with Crippen LogP contribution in [0, 0.1) is 11.8 Å². The Morgan fingerprint density at radius 3 is 2.30 bits per heavy atom. The second-order valence-corrected chi connectivity index (χ2v) is 14.6. The predicted octanol–water partition coefficient (Wildman–Crippen LogP) is 5.06. The topological polar surface area (TPSA) is 135 Å². The maximum atomic E-state index is 15.1. The first-order valence-electron chi connectivity index (χ1n) is 17.7. The van der Waals surface area contributed by atoms with Crippen molar-refractivity contribution in [1.29, 1.82) is 0 Å². The van der Waals surface area contributed by atoms with Gasteiger partial charge in [-0.2, -0.15) is 0 Å². The molecular weight excluding hydrogens is 742 g/mol. The van der Waals surface area contributed by atoms with E-state index >= 15 is 9.59 Å². The number of carbonyl (C=O) groups excluding carboxylic acids is 4. The van der Waals surface area contributed by atoms with E-state index in [1.165, 1.54) is 9.80 Å². The van der Waals surface area contributed by atoms with Gasteiger partial charge in [0.05, 0.1) is 43.7 Å². The average Bonchev–Trinajstić information content (AvgIpc) is 3.78. The largest absolute Gasteiger partial charge is 0.497 e. The van der Waals surface area contributed by atoms with Crippen molar-refractivity contribution in [2.45, 2.75) is 53.9 Å². The highest BCUT2D eigenvalue weighted by atomic mass is 79.9. The van der Waals surface area contributed by atoms with Crippen LogP contribution in [0.25, 0.3) is 0 Å². The van der Waals surface area contributed by atoms with Crippen LogP contribution in [0.5, 0.6) is 5.75 Å². The molecule has 2 bridgehead atoms. The van der Waals surface area contributed by atoms with Gasteiger partial charge in [0.15, 0.2) is 0 Å². The molecule has 53 heavy (non-hydrogen) atoms. The number of likely N-dealkylation sites (tertiary alicyclic amines) is 1. The molecule has 1 unspecified atom stereocenters. The Morgan fingerprint density at radius 2 is 1.70 bits per heavy atom. The van der Waals surface area contributed by atoms with Crippen LogP contribution in [0.3, 0.4) is 0 Å². The summed E-state index contributed by atoms with van der Waals surface area (Å²) in [6, 6.07) is 22.3. The number of ether oxygens (including phenoxy) is 3. The van der Waals surface area contributed by atoms with E-state index in [2.05, 4.69) is 34.4 Å². The maximum Gasteiger partial charge on any atom is 0.306 e. The molecule has 278 valence electrons. The molecule has 0 radical (unpaired) electrons. The van der Waals surface area contributed by atoms with Crippen LogP contribution in [-0.4, -0.2) is 83.1 Å². The van der Waals surface area contributed by atoms with Crippen molar-refractivity contribution in [3.05, 3.63) is 121 Å². The molecule has 0 aromatic heterocycles. The fourth-order valence-corrected chi connectivity index (χ4v) is 8.96. The second-order valence-electron chi connectivity index (χ2n) is 13.4. The SMILES string of the molecule is C=CCCC(=O)OC[C@@H](NC(=O)[C@@H]1[C@H]2O[C@@]3(CC2Br)[C@H](C(=O)N(CC=C)c2ccc(OC)cc2)N([C@H](CO)c2ccccc2)C(=O)[C@@H]13)c1ccccc1. The van der Waals surface area contributed by atoms with Gasteiger partial charge in [0, 0.05) is 23.5 Å². The van der Waals surface area contributed by atoms with E-state index in [1.54, 1.807) is 67.8 Å². The van der Waals surface area contributed by atoms with Gasteiger partial charge < -0.3 is 34.4 Å². The maximum absolute atomic E-state index is 15.1. The number of halogens is 1. The molecule has 0 aliphatic carbocycles. The highest BCUT2D eigenvalue weighted by Gasteiger charge is 2.77. The van der Waals surface area contributed by atoms with E-state index in [1.807, 2.05) is 36.4 Å². The van der Waals surface area contributed by atoms with E-state index in [4.69, 9.17) is 14.2 Å². The molecule has 3 aliphatic heterocycles. The smallest absolute Gasteiger partial charge is 0.306 e. The number of benzene rings is 3. The zero-order valence-electron chi connectivity index (χ0n) is 29.5. The lowest BCUT2D eigenvalue weighted by Crippen LogP contribution is -2.57. The van der Waals surface area contributed by atoms with Gasteiger partial charge in [0.1, 0.15) is 24.0 Å². The number of methoxy groups -OCH3 is 1. The highest BCUT2D eigenvalue weighted by molar-refractivity contribution is 9.09. The molecule has 3 aromatic carbocycles. The summed E-state index contributed by atoms with van der Waals surface area (Å²) in [5.41, 5.74) is 0.477. The minimum Gasteiger partial charge on any atom is -0.497 e. The summed E-state index contributed by atoms with van der Waals surface area (Å²) in [6.07, 6.45) is 3.37. The van der Waals surface area contributed by atoms with E-state index in [9.17, 15) is 14.7 Å². The van der Waals surface area contributed by atoms with Crippen LogP contribution in [0.4, 0.5) is 5.69 Å². The van der Waals surface area contributed by atoms with Crippen LogP contribution >= 0.6 is 15.9 Å². The number of carbonyl (C=O) groups is 4. The van der Waals surface area contributed by atoms with Gasteiger partial charge in [-0.3, -0.25) is 19.2 Å². The third-order valence-electron chi connectivity index (χ3n) is 10.4. The van der Waals surface area contributed by atoms with E-state index in [0.29, 0.717) is 29.0 Å². The molecule has 11 nitrogen and oxygen atoms in total. The Hall–Kier alpha value is -4.78. The Morgan fingerprint density at radius 1 is 1.04 bits per heavy atom. The first kappa shape index (κ1) is 38.0. The summed E-state index contributed by atoms with van der Waals surface area (Å²) in [6.45, 7) is 7.06. The molecule has 3 aliphatic rings. The van der Waals surface area contributed by atoms with Crippen molar-refractivity contribution in [1.82, 2.24) is 10.2 Å². The van der Waals surface area contributed by atoms with Crippen LogP contribution in [0.1, 0.15) is 42.5 Å². The number of hydrogen-bond acceptors (Lipinski definition) is 8. The first-order chi connectivity index (χ1) is 25.7. The lowest BCUT2D eigenvalue weighted by Gasteiger charge is -2.39. The number of anilines is 1. The molecule has 12 heteroatoms. The number of nitrogens with one attached hydrogen (secondary N) is 1. The van der Waals surface area contributed by atoms with Crippen molar-refractivity contribution in [2.24, 2.45) is 11.8 Å². The number of esters is 1. The van der Waals surface area contributed by atoms with Gasteiger partial charge in [-0.1, -0.05) is 88.7 Å². The molecule has 3 amide bonds. The summed E-state index contributed by atoms with van der Waals surface area (Å²) >= 11 is 3.75. The Bertz CT molecular complexity index is 1810. The molecule has 3 heterocycles. The monoisotopic (exact) mass is 785 g/mol.